The van der Waals surface area contributed by atoms with E-state index in [1.54, 1.807) is 0 Å². The largest absolute Gasteiger partial charge is 0.476 e. The van der Waals surface area contributed by atoms with E-state index in [1.807, 2.05) is 0 Å². The highest BCUT2D eigenvalue weighted by Crippen LogP contribution is 2.14. The first-order valence-electron chi connectivity index (χ1n) is 6.14. The molecule has 7 nitrogen and oxygen atoms in total. The summed E-state index contributed by atoms with van der Waals surface area (Å²) in [6.07, 6.45) is -3.79. The van der Waals surface area contributed by atoms with E-state index >= 15 is 0 Å². The molecule has 0 aromatic carbocycles. The molecule has 0 amide bonds. The van der Waals surface area contributed by atoms with E-state index in [-0.39, 0.29) is 31.9 Å². The number of aromatic carboxylic acids is 1. The molecular formula is C11H16F3N3O4. The molecule has 0 fully saturated rings. The van der Waals surface area contributed by atoms with Gasteiger partial charge in [0.1, 0.15) is 6.61 Å². The van der Waals surface area contributed by atoms with Crippen molar-refractivity contribution in [2.45, 2.75) is 25.6 Å². The lowest BCUT2D eigenvalue weighted by Gasteiger charge is -2.09. The molecule has 0 aliphatic heterocycles. The van der Waals surface area contributed by atoms with Gasteiger partial charge in [-0.2, -0.15) is 13.2 Å². The lowest BCUT2D eigenvalue weighted by atomic mass is 10.2. The van der Waals surface area contributed by atoms with Gasteiger partial charge in [-0.25, -0.2) is 9.48 Å². The van der Waals surface area contributed by atoms with Crippen LogP contribution in [0.25, 0.3) is 0 Å². The summed E-state index contributed by atoms with van der Waals surface area (Å²) in [5.41, 5.74) is 0.198. The average molecular weight is 311 g/mol. The summed E-state index contributed by atoms with van der Waals surface area (Å²) in [5.74, 6) is -1.21. The first-order chi connectivity index (χ1) is 9.85. The van der Waals surface area contributed by atoms with Crippen LogP contribution in [0.1, 0.15) is 22.6 Å². The first kappa shape index (κ1) is 17.4. The lowest BCUT2D eigenvalue weighted by Crippen LogP contribution is -2.18. The minimum Gasteiger partial charge on any atom is -0.476 e. The number of hydrogen-bond donors (Lipinski definition) is 1. The van der Waals surface area contributed by atoms with E-state index < -0.39 is 18.8 Å². The fourth-order valence-electron chi connectivity index (χ4n) is 1.63. The Kier molecular flexibility index (Phi) is 6.56. The zero-order chi connectivity index (χ0) is 15.9. The number of alkyl halides is 3. The highest BCUT2D eigenvalue weighted by atomic mass is 19.4. The summed E-state index contributed by atoms with van der Waals surface area (Å²) in [6.45, 7) is -0.901. The Morgan fingerprint density at radius 1 is 1.38 bits per heavy atom. The molecule has 0 spiro atoms. The summed E-state index contributed by atoms with van der Waals surface area (Å²) in [6, 6.07) is 0. The molecule has 1 aromatic heterocycles. The molecular weight excluding hydrogens is 295 g/mol. The molecule has 0 saturated heterocycles. The third-order valence-electron chi connectivity index (χ3n) is 2.51. The molecule has 21 heavy (non-hydrogen) atoms. The number of aromatic nitrogens is 3. The van der Waals surface area contributed by atoms with Crippen molar-refractivity contribution >= 4 is 5.97 Å². The van der Waals surface area contributed by atoms with Crippen molar-refractivity contribution in [1.29, 1.82) is 0 Å². The monoisotopic (exact) mass is 311 g/mol. The van der Waals surface area contributed by atoms with Crippen LogP contribution in [-0.2, 0) is 22.4 Å². The summed E-state index contributed by atoms with van der Waals surface area (Å²) in [7, 11) is 1.47. The highest BCUT2D eigenvalue weighted by Gasteiger charge is 2.27. The van der Waals surface area contributed by atoms with Gasteiger partial charge in [-0.05, 0) is 6.42 Å². The minimum absolute atomic E-state index is 0.106. The fraction of sp³-hybridized carbons (Fsp3) is 0.727. The molecule has 1 heterocycles. The van der Waals surface area contributed by atoms with Gasteiger partial charge in [0.2, 0.25) is 0 Å². The van der Waals surface area contributed by atoms with E-state index in [0.717, 1.165) is 0 Å². The second-order valence-electron chi connectivity index (χ2n) is 4.18. The molecule has 1 aromatic rings. The summed E-state index contributed by atoms with van der Waals surface area (Å²) in [5, 5.41) is 16.2. The molecule has 0 radical (unpaired) electrons. The van der Waals surface area contributed by atoms with E-state index in [4.69, 9.17) is 9.84 Å². The molecule has 0 bridgehead atoms. The number of carboxylic acids is 1. The predicted octanol–water partition coefficient (Wildman–Crippen LogP) is 1.13. The normalized spacial score (nSPS) is 11.8. The minimum atomic E-state index is -4.35. The number of rotatable bonds is 9. The number of nitrogens with zero attached hydrogens (tertiary/aromatic N) is 3. The van der Waals surface area contributed by atoms with Gasteiger partial charge in [-0.1, -0.05) is 5.21 Å². The van der Waals surface area contributed by atoms with Crippen molar-refractivity contribution in [1.82, 2.24) is 15.0 Å². The van der Waals surface area contributed by atoms with E-state index in [0.29, 0.717) is 12.1 Å². The molecule has 1 rings (SSSR count). The second kappa shape index (κ2) is 7.93. The van der Waals surface area contributed by atoms with Gasteiger partial charge in [0.05, 0.1) is 12.3 Å². The summed E-state index contributed by atoms with van der Waals surface area (Å²) < 4.78 is 46.3. The van der Waals surface area contributed by atoms with Crippen LogP contribution >= 0.6 is 0 Å². The van der Waals surface area contributed by atoms with Crippen LogP contribution < -0.4 is 0 Å². The Morgan fingerprint density at radius 2 is 2.10 bits per heavy atom. The Labute approximate surface area is 118 Å². The Morgan fingerprint density at radius 3 is 2.67 bits per heavy atom. The fourth-order valence-corrected chi connectivity index (χ4v) is 1.63. The van der Waals surface area contributed by atoms with E-state index in [2.05, 4.69) is 15.0 Å². The zero-order valence-corrected chi connectivity index (χ0v) is 11.4. The maximum Gasteiger partial charge on any atom is 0.411 e. The quantitative estimate of drug-likeness (QED) is 0.688. The number of hydrogen-bond acceptors (Lipinski definition) is 5. The van der Waals surface area contributed by atoms with Crippen LogP contribution in [-0.4, -0.2) is 59.2 Å². The van der Waals surface area contributed by atoms with Gasteiger partial charge in [0.15, 0.2) is 5.69 Å². The van der Waals surface area contributed by atoms with Gasteiger partial charge in [0, 0.05) is 26.7 Å². The predicted molar refractivity (Wildman–Crippen MR) is 64.1 cm³/mol. The molecule has 0 atom stereocenters. The maximum absolute atomic E-state index is 11.9. The topological polar surface area (TPSA) is 86.5 Å². The summed E-state index contributed by atoms with van der Waals surface area (Å²) >= 11 is 0. The standard InChI is InChI=1S/C11H16F3N3O4/c1-20-6-3-8-9(10(18)19)15-16-17(8)4-2-5-21-7-11(12,13)14/h2-7H2,1H3,(H,18,19). The average Bonchev–Trinajstić information content (AvgIpc) is 2.77. The molecule has 0 aliphatic carbocycles. The third-order valence-corrected chi connectivity index (χ3v) is 2.51. The number of carboxylic acid groups (broad SMARTS) is 1. The molecule has 0 unspecified atom stereocenters. The third kappa shape index (κ3) is 6.08. The number of ether oxygens (including phenoxy) is 2. The molecule has 1 N–H and O–H groups in total. The second-order valence-corrected chi connectivity index (χ2v) is 4.18. The van der Waals surface area contributed by atoms with E-state index in [9.17, 15) is 18.0 Å². The number of carbonyl (C=O) groups is 1. The smallest absolute Gasteiger partial charge is 0.411 e. The van der Waals surface area contributed by atoms with Crippen LogP contribution in [0, 0.1) is 0 Å². The van der Waals surface area contributed by atoms with Gasteiger partial charge in [-0.15, -0.1) is 5.10 Å². The van der Waals surface area contributed by atoms with Crippen LogP contribution in [0.15, 0.2) is 0 Å². The highest BCUT2D eigenvalue weighted by molar-refractivity contribution is 5.86. The van der Waals surface area contributed by atoms with Crippen LogP contribution in [0.2, 0.25) is 0 Å². The number of halogens is 3. The van der Waals surface area contributed by atoms with Crippen molar-refractivity contribution in [3.63, 3.8) is 0 Å². The maximum atomic E-state index is 11.9. The lowest BCUT2D eigenvalue weighted by molar-refractivity contribution is -0.174. The van der Waals surface area contributed by atoms with E-state index in [1.165, 1.54) is 11.8 Å². The number of methoxy groups -OCH3 is 1. The Bertz CT molecular complexity index is 462. The summed E-state index contributed by atoms with van der Waals surface area (Å²) in [4.78, 5) is 11.0. The van der Waals surface area contributed by atoms with Gasteiger partial charge < -0.3 is 14.6 Å². The molecule has 0 saturated carbocycles. The van der Waals surface area contributed by atoms with Crippen molar-refractivity contribution in [3.8, 4) is 0 Å². The SMILES string of the molecule is COCCc1c(C(=O)O)nnn1CCCOCC(F)(F)F. The van der Waals surface area contributed by atoms with Crippen LogP contribution in [0.5, 0.6) is 0 Å². The molecule has 120 valence electrons. The molecule has 10 heteroatoms. The van der Waals surface area contributed by atoms with Gasteiger partial charge in [-0.3, -0.25) is 0 Å². The first-order valence-corrected chi connectivity index (χ1v) is 6.14. The van der Waals surface area contributed by atoms with Crippen molar-refractivity contribution in [3.05, 3.63) is 11.4 Å². The number of aryl methyl sites for hydroxylation is 1. The van der Waals surface area contributed by atoms with Crippen LogP contribution in [0.4, 0.5) is 13.2 Å². The van der Waals surface area contributed by atoms with Crippen molar-refractivity contribution in [2.75, 3.05) is 26.9 Å². The Balaban J connectivity index is 2.52. The molecule has 0 aliphatic rings. The van der Waals surface area contributed by atoms with Gasteiger partial charge in [0.25, 0.3) is 0 Å². The van der Waals surface area contributed by atoms with Gasteiger partial charge >= 0.3 is 12.1 Å². The van der Waals surface area contributed by atoms with Crippen molar-refractivity contribution < 1.29 is 32.5 Å². The van der Waals surface area contributed by atoms with Crippen molar-refractivity contribution in [2.24, 2.45) is 0 Å². The zero-order valence-electron chi connectivity index (χ0n) is 11.4. The van der Waals surface area contributed by atoms with Crippen LogP contribution in [0.3, 0.4) is 0 Å². The Hall–Kier alpha value is -1.68.